The smallest absolute Gasteiger partial charge is 0.194 e. The van der Waals surface area contributed by atoms with E-state index in [9.17, 15) is 14.0 Å². The highest BCUT2D eigenvalue weighted by atomic mass is 32.2. The molecule has 0 aromatic heterocycles. The summed E-state index contributed by atoms with van der Waals surface area (Å²) in [7, 11) is 0. The van der Waals surface area contributed by atoms with Crippen molar-refractivity contribution in [2.24, 2.45) is 5.41 Å². The third-order valence-corrected chi connectivity index (χ3v) is 9.53. The van der Waals surface area contributed by atoms with Crippen LogP contribution in [0.4, 0.5) is 26.3 Å². The van der Waals surface area contributed by atoms with E-state index in [0.29, 0.717) is 21.6 Å². The lowest BCUT2D eigenvalue weighted by atomic mass is 9.58. The van der Waals surface area contributed by atoms with Gasteiger partial charge in [0.15, 0.2) is 0 Å². The molecule has 1 nitrogen and oxygen atoms in total. The van der Waals surface area contributed by atoms with Crippen molar-refractivity contribution in [3.63, 3.8) is 0 Å². The number of nitrogens with zero attached hydrogens (tertiary/aromatic N) is 1. The topological polar surface area (TPSA) is 23.8 Å². The van der Waals surface area contributed by atoms with Gasteiger partial charge in [-0.15, -0.1) is 11.8 Å². The lowest BCUT2D eigenvalue weighted by Crippen LogP contribution is -2.47. The van der Waals surface area contributed by atoms with Gasteiger partial charge in [-0.3, -0.25) is 0 Å². The van der Waals surface area contributed by atoms with Crippen LogP contribution in [0.15, 0.2) is 77.4 Å². The van der Waals surface area contributed by atoms with E-state index >= 15 is 17.6 Å². The summed E-state index contributed by atoms with van der Waals surface area (Å²) in [4.78, 5) is 0.445. The number of thioether (sulfide) groups is 1. The normalized spacial score (nSPS) is 30.2. The Kier molecular flexibility index (Phi) is 4.37. The molecule has 6 rings (SSSR count). The summed E-state index contributed by atoms with van der Waals surface area (Å²) in [6.45, 7) is 3.27. The van der Waals surface area contributed by atoms with Gasteiger partial charge in [-0.2, -0.15) is 31.6 Å². The number of rotatable bonds is 1. The Morgan fingerprint density at radius 2 is 1.53 bits per heavy atom. The third-order valence-electron chi connectivity index (χ3n) is 7.90. The van der Waals surface area contributed by atoms with E-state index in [1.807, 2.05) is 6.07 Å². The number of hydrogen-bond donors (Lipinski definition) is 0. The molecule has 4 aliphatic rings. The molecule has 2 unspecified atom stereocenters. The molecule has 1 saturated carbocycles. The minimum Gasteiger partial charge on any atom is -0.194 e. The molecule has 1 aliphatic heterocycles. The zero-order valence-corrected chi connectivity index (χ0v) is 19.8. The highest BCUT2D eigenvalue weighted by Gasteiger charge is 2.84. The van der Waals surface area contributed by atoms with E-state index in [0.717, 1.165) is 11.8 Å². The molecule has 8 heteroatoms. The lowest BCUT2D eigenvalue weighted by Gasteiger charge is -2.50. The van der Waals surface area contributed by atoms with Crippen LogP contribution in [0.1, 0.15) is 36.1 Å². The number of hydrogen-bond acceptors (Lipinski definition) is 2. The van der Waals surface area contributed by atoms with Crippen molar-refractivity contribution in [3.8, 4) is 6.07 Å². The number of nitriles is 1. The van der Waals surface area contributed by atoms with Crippen molar-refractivity contribution in [3.05, 3.63) is 99.7 Å². The van der Waals surface area contributed by atoms with Crippen LogP contribution in [-0.4, -0.2) is 22.5 Å². The van der Waals surface area contributed by atoms with E-state index in [2.05, 4.69) is 0 Å². The zero-order valence-electron chi connectivity index (χ0n) is 19.0. The maximum atomic E-state index is 15.5. The van der Waals surface area contributed by atoms with Crippen molar-refractivity contribution in [1.29, 1.82) is 5.26 Å². The fourth-order valence-corrected chi connectivity index (χ4v) is 7.36. The number of halogens is 6. The summed E-state index contributed by atoms with van der Waals surface area (Å²) in [5.74, 6) is -15.8. The van der Waals surface area contributed by atoms with E-state index in [1.54, 1.807) is 68.5 Å². The Hall–Kier alpha value is -3.18. The largest absolute Gasteiger partial charge is 0.380 e. The van der Waals surface area contributed by atoms with E-state index in [-0.39, 0.29) is 16.7 Å². The standard InChI is InChI=1S/C28H17F6NS/c1-24-11-10-16-7-3-4-9-18(16)21(24)23-22(26(29,30)28(33,34)27(23,31)32)19-13-20(36-25(19,24)2)17-8-5-6-15(12-17)14-35/h3-13H,1-2H3. The molecule has 0 bridgehead atoms. The molecule has 2 aromatic rings. The summed E-state index contributed by atoms with van der Waals surface area (Å²) >= 11 is 1.16. The van der Waals surface area contributed by atoms with E-state index in [1.165, 1.54) is 12.1 Å². The first-order valence-electron chi connectivity index (χ1n) is 11.2. The van der Waals surface area contributed by atoms with Crippen LogP contribution >= 0.6 is 11.8 Å². The van der Waals surface area contributed by atoms with Gasteiger partial charge in [0.25, 0.3) is 0 Å². The van der Waals surface area contributed by atoms with E-state index in [4.69, 9.17) is 0 Å². The van der Waals surface area contributed by atoms with Gasteiger partial charge in [-0.1, -0.05) is 55.5 Å². The van der Waals surface area contributed by atoms with Crippen LogP contribution in [-0.2, 0) is 0 Å². The first-order valence-corrected chi connectivity index (χ1v) is 12.0. The molecule has 2 aromatic carbocycles. The Bertz CT molecular complexity index is 1540. The van der Waals surface area contributed by atoms with Crippen molar-refractivity contribution in [2.45, 2.75) is 36.4 Å². The highest BCUT2D eigenvalue weighted by molar-refractivity contribution is 8.10. The van der Waals surface area contributed by atoms with Crippen LogP contribution in [0.3, 0.4) is 0 Å². The van der Waals surface area contributed by atoms with Crippen molar-refractivity contribution < 1.29 is 26.3 Å². The summed E-state index contributed by atoms with van der Waals surface area (Å²) < 4.78 is 90.4. The molecule has 3 aliphatic carbocycles. The van der Waals surface area contributed by atoms with Crippen LogP contribution in [0.5, 0.6) is 0 Å². The second kappa shape index (κ2) is 6.77. The Morgan fingerprint density at radius 1 is 0.833 bits per heavy atom. The van der Waals surface area contributed by atoms with Gasteiger partial charge in [0.1, 0.15) is 0 Å². The molecule has 0 spiro atoms. The highest BCUT2D eigenvalue weighted by Crippen LogP contribution is 2.75. The Balaban J connectivity index is 1.75. The minimum absolute atomic E-state index is 0.198. The summed E-state index contributed by atoms with van der Waals surface area (Å²) in [6, 6.07) is 14.8. The zero-order chi connectivity index (χ0) is 25.9. The quantitative estimate of drug-likeness (QED) is 0.360. The third kappa shape index (κ3) is 2.45. The minimum atomic E-state index is -5.60. The summed E-state index contributed by atoms with van der Waals surface area (Å²) in [6.07, 6.45) is 4.71. The second-order valence-corrected chi connectivity index (χ2v) is 11.2. The molecule has 1 heterocycles. The Labute approximate surface area is 207 Å². The average molecular weight is 514 g/mol. The van der Waals surface area contributed by atoms with Gasteiger partial charge in [-0.05, 0) is 53.0 Å². The molecular weight excluding hydrogens is 496 g/mol. The second-order valence-electron chi connectivity index (χ2n) is 9.72. The molecular formula is C28H17F6NS. The molecule has 0 N–H and O–H groups in total. The molecule has 2 atom stereocenters. The number of fused-ring (bicyclic) bond motifs is 6. The van der Waals surface area contributed by atoms with Gasteiger partial charge >= 0.3 is 17.8 Å². The predicted octanol–water partition coefficient (Wildman–Crippen LogP) is 8.12. The monoisotopic (exact) mass is 513 g/mol. The van der Waals surface area contributed by atoms with Crippen molar-refractivity contribution in [1.82, 2.24) is 0 Å². The van der Waals surface area contributed by atoms with Crippen molar-refractivity contribution in [2.75, 3.05) is 0 Å². The first kappa shape index (κ1) is 23.2. The van der Waals surface area contributed by atoms with Gasteiger partial charge in [0.2, 0.25) is 0 Å². The molecule has 0 saturated heterocycles. The molecule has 0 amide bonds. The van der Waals surface area contributed by atoms with Crippen LogP contribution in [0.2, 0.25) is 0 Å². The predicted molar refractivity (Wildman–Crippen MR) is 128 cm³/mol. The SMILES string of the molecule is CC12C=Cc3ccccc3C1=C1C(=C3C=C(c4cccc(C#N)c4)SC32C)C(F)(F)C(F)(F)C1(F)F. The van der Waals surface area contributed by atoms with Gasteiger partial charge in [0.05, 0.1) is 16.4 Å². The van der Waals surface area contributed by atoms with Crippen LogP contribution in [0.25, 0.3) is 16.6 Å². The number of alkyl halides is 6. The lowest BCUT2D eigenvalue weighted by molar-refractivity contribution is -0.257. The summed E-state index contributed by atoms with van der Waals surface area (Å²) in [5.41, 5.74) is -2.74. The average Bonchev–Trinajstić information content (AvgIpc) is 3.25. The Morgan fingerprint density at radius 3 is 2.25 bits per heavy atom. The fraction of sp³-hybridized carbons (Fsp3) is 0.250. The van der Waals surface area contributed by atoms with Crippen LogP contribution in [0, 0.1) is 16.7 Å². The fourth-order valence-electron chi connectivity index (χ4n) is 5.85. The summed E-state index contributed by atoms with van der Waals surface area (Å²) in [5, 5.41) is 9.29. The van der Waals surface area contributed by atoms with Crippen LogP contribution < -0.4 is 0 Å². The first-order chi connectivity index (χ1) is 16.8. The van der Waals surface area contributed by atoms with Gasteiger partial charge in [0, 0.05) is 21.5 Å². The van der Waals surface area contributed by atoms with E-state index < -0.39 is 39.1 Å². The van der Waals surface area contributed by atoms with Gasteiger partial charge < -0.3 is 0 Å². The molecule has 1 fully saturated rings. The molecule has 36 heavy (non-hydrogen) atoms. The number of allylic oxidation sites excluding steroid dienone is 5. The number of benzene rings is 2. The molecule has 0 radical (unpaired) electrons. The molecule has 182 valence electrons. The van der Waals surface area contributed by atoms with Gasteiger partial charge in [-0.25, -0.2) is 0 Å². The van der Waals surface area contributed by atoms with Crippen molar-refractivity contribution >= 4 is 28.3 Å². The maximum Gasteiger partial charge on any atom is 0.380 e. The maximum absolute atomic E-state index is 15.5.